The molecule has 0 bridgehead atoms. The van der Waals surface area contributed by atoms with E-state index in [1.54, 1.807) is 11.0 Å². The van der Waals surface area contributed by atoms with Gasteiger partial charge in [0.15, 0.2) is 0 Å². The van der Waals surface area contributed by atoms with E-state index in [1.165, 1.54) is 10.7 Å². The first kappa shape index (κ1) is 20.6. The molecule has 1 saturated heterocycles. The Labute approximate surface area is 187 Å². The molecule has 6 nitrogen and oxygen atoms in total. The number of hydrogen-bond donors (Lipinski definition) is 0. The van der Waals surface area contributed by atoms with Crippen LogP contribution < -0.4 is 10.5 Å². The maximum atomic E-state index is 12.8. The average molecular weight is 488 g/mol. The summed E-state index contributed by atoms with van der Waals surface area (Å²) in [4.78, 5) is 29.0. The van der Waals surface area contributed by atoms with Crippen LogP contribution in [0.25, 0.3) is 11.3 Å². The van der Waals surface area contributed by atoms with E-state index < -0.39 is 0 Å². The predicted molar refractivity (Wildman–Crippen MR) is 122 cm³/mol. The molecule has 1 aliphatic heterocycles. The normalized spacial score (nSPS) is 14.1. The summed E-state index contributed by atoms with van der Waals surface area (Å²) >= 11 is 9.69. The van der Waals surface area contributed by atoms with Gasteiger partial charge < -0.3 is 9.80 Å². The highest BCUT2D eigenvalue weighted by Gasteiger charge is 2.23. The number of halogens is 2. The highest BCUT2D eigenvalue weighted by molar-refractivity contribution is 9.10. The van der Waals surface area contributed by atoms with Crippen molar-refractivity contribution in [2.45, 2.75) is 6.54 Å². The molecule has 4 rings (SSSR count). The first-order valence-electron chi connectivity index (χ1n) is 9.62. The minimum Gasteiger partial charge on any atom is -0.367 e. The van der Waals surface area contributed by atoms with E-state index in [1.807, 2.05) is 48.5 Å². The Hall–Kier alpha value is -2.64. The second kappa shape index (κ2) is 9.02. The second-order valence-electron chi connectivity index (χ2n) is 7.04. The smallest absolute Gasteiger partial charge is 0.267 e. The quantitative estimate of drug-likeness (QED) is 0.563. The van der Waals surface area contributed by atoms with Gasteiger partial charge in [-0.2, -0.15) is 5.10 Å². The molecule has 0 N–H and O–H groups in total. The summed E-state index contributed by atoms with van der Waals surface area (Å²) in [6, 6.07) is 18.5. The van der Waals surface area contributed by atoms with E-state index in [2.05, 4.69) is 25.9 Å². The standard InChI is InChI=1S/C22H20BrClN4O2/c23-17-7-5-16(6-8-17)19-9-10-21(29)28(25-19)15-22(30)27-13-11-26(12-14-27)20-4-2-1-3-18(20)24/h1-10H,11-15H2. The van der Waals surface area contributed by atoms with Crippen LogP contribution in [0, 0.1) is 0 Å². The molecule has 0 radical (unpaired) electrons. The molecule has 30 heavy (non-hydrogen) atoms. The van der Waals surface area contributed by atoms with Gasteiger partial charge in [-0.3, -0.25) is 9.59 Å². The minimum absolute atomic E-state index is 0.0741. The predicted octanol–water partition coefficient (Wildman–Crippen LogP) is 3.68. The van der Waals surface area contributed by atoms with Crippen LogP contribution in [-0.4, -0.2) is 46.8 Å². The zero-order chi connectivity index (χ0) is 21.1. The van der Waals surface area contributed by atoms with Crippen molar-refractivity contribution in [1.29, 1.82) is 0 Å². The molecule has 154 valence electrons. The van der Waals surface area contributed by atoms with Crippen LogP contribution in [-0.2, 0) is 11.3 Å². The summed E-state index contributed by atoms with van der Waals surface area (Å²) in [5.41, 5.74) is 2.22. The summed E-state index contributed by atoms with van der Waals surface area (Å²) in [6.07, 6.45) is 0. The molecule has 0 saturated carbocycles. The zero-order valence-corrected chi connectivity index (χ0v) is 18.5. The Balaban J connectivity index is 1.43. The van der Waals surface area contributed by atoms with Crippen molar-refractivity contribution in [2.75, 3.05) is 31.1 Å². The summed E-state index contributed by atoms with van der Waals surface area (Å²) in [5.74, 6) is -0.114. The lowest BCUT2D eigenvalue weighted by molar-refractivity contribution is -0.132. The Morgan fingerprint density at radius 1 is 0.967 bits per heavy atom. The zero-order valence-electron chi connectivity index (χ0n) is 16.2. The lowest BCUT2D eigenvalue weighted by Crippen LogP contribution is -2.50. The Morgan fingerprint density at radius 3 is 2.37 bits per heavy atom. The number of rotatable bonds is 4. The van der Waals surface area contributed by atoms with Crippen molar-refractivity contribution >= 4 is 39.1 Å². The lowest BCUT2D eigenvalue weighted by atomic mass is 10.1. The summed E-state index contributed by atoms with van der Waals surface area (Å²) in [6.45, 7) is 2.46. The van der Waals surface area contributed by atoms with Gasteiger partial charge in [0.25, 0.3) is 5.56 Å². The third kappa shape index (κ3) is 4.57. The molecule has 3 aromatic rings. The van der Waals surface area contributed by atoms with Gasteiger partial charge in [0.2, 0.25) is 5.91 Å². The van der Waals surface area contributed by atoms with E-state index in [0.717, 1.165) is 15.7 Å². The fourth-order valence-corrected chi connectivity index (χ4v) is 3.99. The van der Waals surface area contributed by atoms with Crippen molar-refractivity contribution in [1.82, 2.24) is 14.7 Å². The average Bonchev–Trinajstić information content (AvgIpc) is 2.76. The molecule has 0 unspecified atom stereocenters. The van der Waals surface area contributed by atoms with E-state index in [9.17, 15) is 9.59 Å². The molecular weight excluding hydrogens is 468 g/mol. The van der Waals surface area contributed by atoms with Gasteiger partial charge in [-0.1, -0.05) is 51.8 Å². The highest BCUT2D eigenvalue weighted by Crippen LogP contribution is 2.26. The largest absolute Gasteiger partial charge is 0.367 e. The number of anilines is 1. The molecule has 2 aromatic carbocycles. The van der Waals surface area contributed by atoms with Gasteiger partial charge in [0, 0.05) is 42.3 Å². The third-order valence-electron chi connectivity index (χ3n) is 5.12. The van der Waals surface area contributed by atoms with Crippen molar-refractivity contribution in [3.8, 4) is 11.3 Å². The van der Waals surface area contributed by atoms with Crippen LogP contribution in [0.2, 0.25) is 5.02 Å². The van der Waals surface area contributed by atoms with Crippen molar-refractivity contribution in [2.24, 2.45) is 0 Å². The van der Waals surface area contributed by atoms with E-state index >= 15 is 0 Å². The molecular formula is C22H20BrClN4O2. The molecule has 0 spiro atoms. The van der Waals surface area contributed by atoms with Gasteiger partial charge >= 0.3 is 0 Å². The van der Waals surface area contributed by atoms with Crippen LogP contribution in [0.3, 0.4) is 0 Å². The number of hydrogen-bond acceptors (Lipinski definition) is 4. The Kier molecular flexibility index (Phi) is 6.20. The number of benzene rings is 2. The van der Waals surface area contributed by atoms with Gasteiger partial charge in [0.05, 0.1) is 16.4 Å². The Bertz CT molecular complexity index is 1110. The first-order chi connectivity index (χ1) is 14.5. The summed E-state index contributed by atoms with van der Waals surface area (Å²) < 4.78 is 2.20. The molecule has 2 heterocycles. The van der Waals surface area contributed by atoms with Crippen LogP contribution in [0.4, 0.5) is 5.69 Å². The second-order valence-corrected chi connectivity index (χ2v) is 8.36. The van der Waals surface area contributed by atoms with Crippen molar-refractivity contribution in [3.63, 3.8) is 0 Å². The third-order valence-corrected chi connectivity index (χ3v) is 5.97. The molecule has 0 atom stereocenters. The maximum Gasteiger partial charge on any atom is 0.267 e. The topological polar surface area (TPSA) is 58.4 Å². The molecule has 8 heteroatoms. The van der Waals surface area contributed by atoms with Crippen LogP contribution >= 0.6 is 27.5 Å². The van der Waals surface area contributed by atoms with Crippen LogP contribution in [0.15, 0.2) is 69.9 Å². The monoisotopic (exact) mass is 486 g/mol. The number of amides is 1. The Morgan fingerprint density at radius 2 is 1.67 bits per heavy atom. The fraction of sp³-hybridized carbons (Fsp3) is 0.227. The molecule has 1 amide bonds. The maximum absolute atomic E-state index is 12.8. The van der Waals surface area contributed by atoms with Gasteiger partial charge in [-0.05, 0) is 30.3 Å². The van der Waals surface area contributed by atoms with E-state index in [4.69, 9.17) is 11.6 Å². The van der Waals surface area contributed by atoms with Crippen molar-refractivity contribution < 1.29 is 4.79 Å². The molecule has 1 aromatic heterocycles. The summed E-state index contributed by atoms with van der Waals surface area (Å²) in [7, 11) is 0. The summed E-state index contributed by atoms with van der Waals surface area (Å²) in [5, 5.41) is 5.10. The number of carbonyl (C=O) groups is 1. The van der Waals surface area contributed by atoms with Gasteiger partial charge in [-0.25, -0.2) is 4.68 Å². The fourth-order valence-electron chi connectivity index (χ4n) is 3.47. The number of carbonyl (C=O) groups excluding carboxylic acids is 1. The van der Waals surface area contributed by atoms with Crippen LogP contribution in [0.5, 0.6) is 0 Å². The molecule has 1 fully saturated rings. The SMILES string of the molecule is O=C(Cn1nc(-c2ccc(Br)cc2)ccc1=O)N1CCN(c2ccccc2Cl)CC1. The number of piperazine rings is 1. The van der Waals surface area contributed by atoms with Crippen molar-refractivity contribution in [3.05, 3.63) is 80.5 Å². The van der Waals surface area contributed by atoms with E-state index in [0.29, 0.717) is 36.9 Å². The minimum atomic E-state index is -0.293. The van der Waals surface area contributed by atoms with Gasteiger partial charge in [-0.15, -0.1) is 0 Å². The number of nitrogens with zero attached hydrogens (tertiary/aromatic N) is 4. The molecule has 1 aliphatic rings. The highest BCUT2D eigenvalue weighted by atomic mass is 79.9. The molecule has 0 aliphatic carbocycles. The van der Waals surface area contributed by atoms with Crippen LogP contribution in [0.1, 0.15) is 0 Å². The lowest BCUT2D eigenvalue weighted by Gasteiger charge is -2.36. The number of aromatic nitrogens is 2. The van der Waals surface area contributed by atoms with E-state index in [-0.39, 0.29) is 18.0 Å². The number of para-hydroxylation sites is 1. The first-order valence-corrected chi connectivity index (χ1v) is 10.8. The van der Waals surface area contributed by atoms with Gasteiger partial charge in [0.1, 0.15) is 6.54 Å².